The minimum atomic E-state index is -0.297. The van der Waals surface area contributed by atoms with Gasteiger partial charge in [0.25, 0.3) is 0 Å². The van der Waals surface area contributed by atoms with E-state index in [0.717, 1.165) is 45.3 Å². The Morgan fingerprint density at radius 1 is 1.42 bits per heavy atom. The molecule has 0 aromatic carbocycles. The van der Waals surface area contributed by atoms with Crippen LogP contribution in [0.4, 0.5) is 0 Å². The van der Waals surface area contributed by atoms with E-state index in [4.69, 9.17) is 0 Å². The zero-order chi connectivity index (χ0) is 13.9. The molecule has 4 nitrogen and oxygen atoms in total. The van der Waals surface area contributed by atoms with Gasteiger partial charge in [0, 0.05) is 26.7 Å². The molecule has 4 heteroatoms. The Bertz CT molecular complexity index is 356. The minimum absolute atomic E-state index is 0.210. The molecule has 1 heterocycles. The molecule has 1 N–H and O–H groups in total. The highest BCUT2D eigenvalue weighted by atomic mass is 16.3. The number of amides is 1. The number of nitrogens with zero attached hydrogens (tertiary/aromatic N) is 2. The van der Waals surface area contributed by atoms with E-state index in [2.05, 4.69) is 17.9 Å². The predicted molar refractivity (Wildman–Crippen MR) is 75.8 cm³/mol. The van der Waals surface area contributed by atoms with Crippen molar-refractivity contribution in [3.8, 4) is 0 Å². The van der Waals surface area contributed by atoms with Crippen LogP contribution in [-0.2, 0) is 4.79 Å². The molecule has 2 aliphatic rings. The van der Waals surface area contributed by atoms with Crippen LogP contribution in [0.25, 0.3) is 0 Å². The van der Waals surface area contributed by atoms with Crippen molar-refractivity contribution in [3.05, 3.63) is 12.2 Å². The summed E-state index contributed by atoms with van der Waals surface area (Å²) < 4.78 is 0. The molecule has 0 aromatic rings. The smallest absolute Gasteiger partial charge is 0.236 e. The fourth-order valence-electron chi connectivity index (χ4n) is 3.04. The van der Waals surface area contributed by atoms with Gasteiger partial charge in [0.2, 0.25) is 5.91 Å². The molecule has 0 saturated carbocycles. The van der Waals surface area contributed by atoms with Gasteiger partial charge in [-0.15, -0.1) is 0 Å². The highest BCUT2D eigenvalue weighted by Crippen LogP contribution is 2.33. The van der Waals surface area contributed by atoms with E-state index in [1.54, 1.807) is 0 Å². The summed E-state index contributed by atoms with van der Waals surface area (Å²) in [4.78, 5) is 15.8. The van der Waals surface area contributed by atoms with Gasteiger partial charge in [0.15, 0.2) is 0 Å². The van der Waals surface area contributed by atoms with Crippen LogP contribution in [0.3, 0.4) is 0 Å². The van der Waals surface area contributed by atoms with E-state index >= 15 is 0 Å². The SMILES string of the molecule is CN1CCN(CC2(C)CCC=CC(O)CC2)CC1=O. The van der Waals surface area contributed by atoms with Gasteiger partial charge in [-0.1, -0.05) is 19.1 Å². The number of aliphatic hydroxyl groups is 1. The molecule has 0 aromatic heterocycles. The van der Waals surface area contributed by atoms with Gasteiger partial charge in [-0.2, -0.15) is 0 Å². The third kappa shape index (κ3) is 4.05. The Balaban J connectivity index is 1.93. The van der Waals surface area contributed by atoms with Crippen molar-refractivity contribution >= 4 is 5.91 Å². The van der Waals surface area contributed by atoms with Crippen molar-refractivity contribution in [2.24, 2.45) is 5.41 Å². The van der Waals surface area contributed by atoms with E-state index in [1.807, 2.05) is 18.0 Å². The van der Waals surface area contributed by atoms with Crippen molar-refractivity contribution in [1.29, 1.82) is 0 Å². The fraction of sp³-hybridized carbons (Fsp3) is 0.800. The molecular weight excluding hydrogens is 240 g/mol. The van der Waals surface area contributed by atoms with E-state index in [-0.39, 0.29) is 17.4 Å². The number of carbonyl (C=O) groups is 1. The molecule has 1 amide bonds. The lowest BCUT2D eigenvalue weighted by Crippen LogP contribution is -2.51. The highest BCUT2D eigenvalue weighted by molar-refractivity contribution is 5.78. The van der Waals surface area contributed by atoms with Gasteiger partial charge in [-0.3, -0.25) is 9.69 Å². The zero-order valence-corrected chi connectivity index (χ0v) is 12.1. The topological polar surface area (TPSA) is 43.8 Å². The van der Waals surface area contributed by atoms with Crippen molar-refractivity contribution in [2.45, 2.75) is 38.7 Å². The van der Waals surface area contributed by atoms with Crippen LogP contribution in [-0.4, -0.2) is 60.1 Å². The van der Waals surface area contributed by atoms with Crippen LogP contribution in [0.5, 0.6) is 0 Å². The maximum Gasteiger partial charge on any atom is 0.236 e. The molecule has 1 fully saturated rings. The first kappa shape index (κ1) is 14.5. The van der Waals surface area contributed by atoms with E-state index < -0.39 is 0 Å². The first-order valence-corrected chi connectivity index (χ1v) is 7.30. The number of hydrogen-bond donors (Lipinski definition) is 1. The van der Waals surface area contributed by atoms with Gasteiger partial charge < -0.3 is 10.0 Å². The van der Waals surface area contributed by atoms with Gasteiger partial charge in [0.1, 0.15) is 0 Å². The van der Waals surface area contributed by atoms with Crippen LogP contribution in [0.15, 0.2) is 12.2 Å². The van der Waals surface area contributed by atoms with E-state index in [9.17, 15) is 9.90 Å². The fourth-order valence-corrected chi connectivity index (χ4v) is 3.04. The zero-order valence-electron chi connectivity index (χ0n) is 12.1. The van der Waals surface area contributed by atoms with Gasteiger partial charge in [-0.05, 0) is 31.1 Å². The van der Waals surface area contributed by atoms with Crippen LogP contribution in [0, 0.1) is 5.41 Å². The van der Waals surface area contributed by atoms with Crippen LogP contribution in [0.2, 0.25) is 0 Å². The summed E-state index contributed by atoms with van der Waals surface area (Å²) in [6, 6.07) is 0. The maximum absolute atomic E-state index is 11.8. The molecular formula is C15H26N2O2. The van der Waals surface area contributed by atoms with Crippen molar-refractivity contribution < 1.29 is 9.90 Å². The molecule has 1 saturated heterocycles. The summed E-state index contributed by atoms with van der Waals surface area (Å²) in [6.45, 7) is 5.60. The van der Waals surface area contributed by atoms with Gasteiger partial charge >= 0.3 is 0 Å². The Morgan fingerprint density at radius 2 is 2.21 bits per heavy atom. The van der Waals surface area contributed by atoms with E-state index in [0.29, 0.717) is 6.54 Å². The van der Waals surface area contributed by atoms with Crippen LogP contribution < -0.4 is 0 Å². The number of aliphatic hydroxyl groups excluding tert-OH is 1. The average molecular weight is 266 g/mol. The summed E-state index contributed by atoms with van der Waals surface area (Å²) in [5.74, 6) is 0.223. The second-order valence-electron chi connectivity index (χ2n) is 6.41. The lowest BCUT2D eigenvalue weighted by Gasteiger charge is -2.39. The number of allylic oxidation sites excluding steroid dienone is 1. The molecule has 0 bridgehead atoms. The van der Waals surface area contributed by atoms with Crippen molar-refractivity contribution in [2.75, 3.05) is 33.2 Å². The quantitative estimate of drug-likeness (QED) is 0.765. The lowest BCUT2D eigenvalue weighted by molar-refractivity contribution is -0.135. The average Bonchev–Trinajstić information content (AvgIpc) is 2.35. The molecule has 2 atom stereocenters. The normalized spacial score (nSPS) is 34.2. The standard InChI is InChI=1S/C15H26N2O2/c1-15(7-4-3-5-13(18)6-8-15)12-17-10-9-16(2)14(19)11-17/h3,5,13,18H,4,6-12H2,1-2H3. The molecule has 19 heavy (non-hydrogen) atoms. The van der Waals surface area contributed by atoms with E-state index in [1.165, 1.54) is 0 Å². The number of likely N-dealkylation sites (N-methyl/N-ethyl adjacent to an activating group) is 1. The molecule has 0 radical (unpaired) electrons. The minimum Gasteiger partial charge on any atom is -0.389 e. The second-order valence-corrected chi connectivity index (χ2v) is 6.41. The molecule has 108 valence electrons. The van der Waals surface area contributed by atoms with Gasteiger partial charge in [-0.25, -0.2) is 0 Å². The third-order valence-corrected chi connectivity index (χ3v) is 4.46. The van der Waals surface area contributed by atoms with Crippen LogP contribution in [0.1, 0.15) is 32.6 Å². The Morgan fingerprint density at radius 3 is 2.95 bits per heavy atom. The summed E-state index contributed by atoms with van der Waals surface area (Å²) in [7, 11) is 1.87. The number of rotatable bonds is 2. The molecule has 2 unspecified atom stereocenters. The highest BCUT2D eigenvalue weighted by Gasteiger charge is 2.30. The monoisotopic (exact) mass is 266 g/mol. The maximum atomic E-state index is 11.8. The summed E-state index contributed by atoms with van der Waals surface area (Å²) in [5.41, 5.74) is 0.210. The first-order chi connectivity index (χ1) is 8.98. The number of piperazine rings is 1. The summed E-state index contributed by atoms with van der Waals surface area (Å²) in [6.07, 6.45) is 7.73. The van der Waals surface area contributed by atoms with Crippen molar-refractivity contribution in [3.63, 3.8) is 0 Å². The Hall–Kier alpha value is -0.870. The van der Waals surface area contributed by atoms with Crippen molar-refractivity contribution in [1.82, 2.24) is 9.80 Å². The first-order valence-electron chi connectivity index (χ1n) is 7.30. The Labute approximate surface area is 116 Å². The number of hydrogen-bond acceptors (Lipinski definition) is 3. The summed E-state index contributed by atoms with van der Waals surface area (Å²) in [5, 5.41) is 9.77. The lowest BCUT2D eigenvalue weighted by atomic mass is 9.78. The second kappa shape index (κ2) is 6.06. The molecule has 2 rings (SSSR count). The molecule has 0 spiro atoms. The molecule has 1 aliphatic carbocycles. The predicted octanol–water partition coefficient (Wildman–Crippen LogP) is 1.26. The Kier molecular flexibility index (Phi) is 4.63. The van der Waals surface area contributed by atoms with Crippen LogP contribution >= 0.6 is 0 Å². The van der Waals surface area contributed by atoms with Gasteiger partial charge in [0.05, 0.1) is 12.6 Å². The third-order valence-electron chi connectivity index (χ3n) is 4.46. The molecule has 1 aliphatic heterocycles. The number of carbonyl (C=O) groups excluding carboxylic acids is 1. The summed E-state index contributed by atoms with van der Waals surface area (Å²) >= 11 is 0. The largest absolute Gasteiger partial charge is 0.389 e.